The zero-order valence-corrected chi connectivity index (χ0v) is 10.2. The average Bonchev–Trinajstić information content (AvgIpc) is 2.36. The van der Waals surface area contributed by atoms with E-state index in [0.717, 1.165) is 0 Å². The molecule has 1 aliphatic rings. The molecule has 2 rings (SSSR count). The average molecular weight is 252 g/mol. The van der Waals surface area contributed by atoms with Crippen molar-refractivity contribution in [2.24, 2.45) is 5.92 Å². The van der Waals surface area contributed by atoms with Gasteiger partial charge < -0.3 is 9.47 Å². The molecule has 96 valence electrons. The smallest absolute Gasteiger partial charge is 0.309 e. The number of ether oxygens (including phenoxy) is 2. The first-order valence-corrected chi connectivity index (χ1v) is 5.54. The number of esters is 1. The summed E-state index contributed by atoms with van der Waals surface area (Å²) in [5, 5.41) is 0. The molecule has 0 bridgehead atoms. The Morgan fingerprint density at radius 3 is 2.67 bits per heavy atom. The molecule has 1 aromatic carbocycles. The number of halogens is 1. The summed E-state index contributed by atoms with van der Waals surface area (Å²) in [7, 11) is 2.62. The molecule has 18 heavy (non-hydrogen) atoms. The molecule has 0 aliphatic heterocycles. The van der Waals surface area contributed by atoms with E-state index >= 15 is 0 Å². The molecule has 0 N–H and O–H groups in total. The molecular formula is C13H13FO4. The number of hydrogen-bond donors (Lipinski definition) is 0. The minimum Gasteiger partial charge on any atom is -0.494 e. The van der Waals surface area contributed by atoms with Crippen molar-refractivity contribution >= 4 is 11.8 Å². The van der Waals surface area contributed by atoms with Gasteiger partial charge in [-0.3, -0.25) is 9.59 Å². The summed E-state index contributed by atoms with van der Waals surface area (Å²) in [6.07, 6.45) is 0.406. The molecule has 1 aromatic rings. The SMILES string of the molecule is COC(=O)C1CC(=O)c2cc(OC)c(F)cc2C1. The van der Waals surface area contributed by atoms with Gasteiger partial charge in [-0.05, 0) is 24.1 Å². The highest BCUT2D eigenvalue weighted by Crippen LogP contribution is 2.31. The van der Waals surface area contributed by atoms with Gasteiger partial charge in [-0.25, -0.2) is 4.39 Å². The van der Waals surface area contributed by atoms with Crippen LogP contribution in [0.5, 0.6) is 5.75 Å². The number of rotatable bonds is 2. The lowest BCUT2D eigenvalue weighted by atomic mass is 9.83. The third kappa shape index (κ3) is 2.08. The second kappa shape index (κ2) is 4.76. The zero-order chi connectivity index (χ0) is 13.3. The molecule has 1 aliphatic carbocycles. The van der Waals surface area contributed by atoms with E-state index in [-0.39, 0.29) is 18.0 Å². The number of hydrogen-bond acceptors (Lipinski definition) is 4. The molecule has 0 saturated carbocycles. The van der Waals surface area contributed by atoms with Crippen LogP contribution in [0.1, 0.15) is 22.3 Å². The minimum absolute atomic E-state index is 0.0404. The first-order chi connectivity index (χ1) is 8.56. The van der Waals surface area contributed by atoms with Crippen LogP contribution in [0.4, 0.5) is 4.39 Å². The van der Waals surface area contributed by atoms with Gasteiger partial charge >= 0.3 is 5.97 Å². The zero-order valence-electron chi connectivity index (χ0n) is 10.2. The van der Waals surface area contributed by atoms with Gasteiger partial charge in [0.15, 0.2) is 17.3 Å². The van der Waals surface area contributed by atoms with Gasteiger partial charge in [-0.2, -0.15) is 0 Å². The highest BCUT2D eigenvalue weighted by atomic mass is 19.1. The van der Waals surface area contributed by atoms with E-state index in [1.54, 1.807) is 0 Å². The van der Waals surface area contributed by atoms with Crippen LogP contribution in [-0.4, -0.2) is 26.0 Å². The fraction of sp³-hybridized carbons (Fsp3) is 0.385. The Labute approximate surface area is 104 Å². The Morgan fingerprint density at radius 1 is 1.33 bits per heavy atom. The maximum atomic E-state index is 13.6. The predicted octanol–water partition coefficient (Wildman–Crippen LogP) is 1.75. The van der Waals surface area contributed by atoms with Crippen molar-refractivity contribution in [2.45, 2.75) is 12.8 Å². The fourth-order valence-corrected chi connectivity index (χ4v) is 2.18. The summed E-state index contributed by atoms with van der Waals surface area (Å²) in [4.78, 5) is 23.3. The maximum absolute atomic E-state index is 13.6. The number of carbonyl (C=O) groups is 2. The van der Waals surface area contributed by atoms with Crippen molar-refractivity contribution in [1.82, 2.24) is 0 Å². The fourth-order valence-electron chi connectivity index (χ4n) is 2.18. The van der Waals surface area contributed by atoms with E-state index < -0.39 is 17.7 Å². The van der Waals surface area contributed by atoms with Crippen molar-refractivity contribution < 1.29 is 23.5 Å². The van der Waals surface area contributed by atoms with Crippen LogP contribution < -0.4 is 4.74 Å². The molecule has 0 fully saturated rings. The highest BCUT2D eigenvalue weighted by Gasteiger charge is 2.31. The van der Waals surface area contributed by atoms with Gasteiger partial charge in [0.05, 0.1) is 20.1 Å². The number of methoxy groups -OCH3 is 2. The van der Waals surface area contributed by atoms with Crippen LogP contribution in [0, 0.1) is 11.7 Å². The molecule has 1 atom stereocenters. The predicted molar refractivity (Wildman–Crippen MR) is 61.1 cm³/mol. The lowest BCUT2D eigenvalue weighted by molar-refractivity contribution is -0.145. The van der Waals surface area contributed by atoms with E-state index in [1.165, 1.54) is 26.4 Å². The largest absolute Gasteiger partial charge is 0.494 e. The van der Waals surface area contributed by atoms with Crippen LogP contribution in [0.15, 0.2) is 12.1 Å². The van der Waals surface area contributed by atoms with Crippen LogP contribution >= 0.6 is 0 Å². The molecule has 4 nitrogen and oxygen atoms in total. The van der Waals surface area contributed by atoms with E-state index in [4.69, 9.17) is 4.74 Å². The van der Waals surface area contributed by atoms with Gasteiger partial charge in [-0.15, -0.1) is 0 Å². The number of ketones is 1. The first kappa shape index (κ1) is 12.5. The summed E-state index contributed by atoms with van der Waals surface area (Å²) in [5.41, 5.74) is 0.952. The number of benzene rings is 1. The molecule has 0 aromatic heterocycles. The molecule has 1 unspecified atom stereocenters. The van der Waals surface area contributed by atoms with Gasteiger partial charge in [0, 0.05) is 12.0 Å². The molecule has 0 spiro atoms. The van der Waals surface area contributed by atoms with Crippen molar-refractivity contribution in [3.8, 4) is 5.75 Å². The number of Topliss-reactive ketones (excluding diaryl/α,β-unsaturated/α-hetero) is 1. The second-order valence-corrected chi connectivity index (χ2v) is 4.20. The van der Waals surface area contributed by atoms with E-state index in [9.17, 15) is 14.0 Å². The Balaban J connectivity index is 2.39. The third-order valence-corrected chi connectivity index (χ3v) is 3.11. The molecule has 0 saturated heterocycles. The molecular weight excluding hydrogens is 239 g/mol. The highest BCUT2D eigenvalue weighted by molar-refractivity contribution is 6.01. The molecule has 0 heterocycles. The number of fused-ring (bicyclic) bond motifs is 1. The van der Waals surface area contributed by atoms with Gasteiger partial charge in [0.25, 0.3) is 0 Å². The standard InChI is InChI=1S/C13H13FO4/c1-17-12-6-9-7(4-10(12)14)3-8(5-11(9)15)13(16)18-2/h4,6,8H,3,5H2,1-2H3. The number of carbonyl (C=O) groups excluding carboxylic acids is 2. The lowest BCUT2D eigenvalue weighted by Crippen LogP contribution is -2.27. The summed E-state index contributed by atoms with van der Waals surface area (Å²) >= 11 is 0. The lowest BCUT2D eigenvalue weighted by Gasteiger charge is -2.22. The van der Waals surface area contributed by atoms with Crippen LogP contribution in [0.2, 0.25) is 0 Å². The monoisotopic (exact) mass is 252 g/mol. The van der Waals surface area contributed by atoms with E-state index in [0.29, 0.717) is 17.5 Å². The van der Waals surface area contributed by atoms with Crippen molar-refractivity contribution in [3.63, 3.8) is 0 Å². The minimum atomic E-state index is -0.533. The summed E-state index contributed by atoms with van der Waals surface area (Å²) in [5.74, 6) is -1.65. The Hall–Kier alpha value is -1.91. The van der Waals surface area contributed by atoms with E-state index in [2.05, 4.69) is 4.74 Å². The summed E-state index contributed by atoms with van der Waals surface area (Å²) < 4.78 is 23.0. The third-order valence-electron chi connectivity index (χ3n) is 3.11. The second-order valence-electron chi connectivity index (χ2n) is 4.20. The maximum Gasteiger partial charge on any atom is 0.309 e. The van der Waals surface area contributed by atoms with Crippen LogP contribution in [0.25, 0.3) is 0 Å². The van der Waals surface area contributed by atoms with Gasteiger partial charge in [0.1, 0.15) is 0 Å². The molecule has 5 heteroatoms. The summed E-state index contributed by atoms with van der Waals surface area (Å²) in [6, 6.07) is 2.64. The Morgan fingerprint density at radius 2 is 2.06 bits per heavy atom. The quantitative estimate of drug-likeness (QED) is 0.752. The molecule has 0 radical (unpaired) electrons. The molecule has 0 amide bonds. The van der Waals surface area contributed by atoms with Crippen molar-refractivity contribution in [3.05, 3.63) is 29.1 Å². The first-order valence-electron chi connectivity index (χ1n) is 5.54. The van der Waals surface area contributed by atoms with Gasteiger partial charge in [0.2, 0.25) is 0 Å². The van der Waals surface area contributed by atoms with Crippen LogP contribution in [0.3, 0.4) is 0 Å². The Kier molecular flexibility index (Phi) is 3.32. The van der Waals surface area contributed by atoms with Gasteiger partial charge in [-0.1, -0.05) is 0 Å². The van der Waals surface area contributed by atoms with Crippen LogP contribution in [-0.2, 0) is 16.0 Å². The van der Waals surface area contributed by atoms with Crippen molar-refractivity contribution in [2.75, 3.05) is 14.2 Å². The van der Waals surface area contributed by atoms with E-state index in [1.807, 2.05) is 0 Å². The topological polar surface area (TPSA) is 52.6 Å². The van der Waals surface area contributed by atoms with Crippen molar-refractivity contribution in [1.29, 1.82) is 0 Å². The summed E-state index contributed by atoms with van der Waals surface area (Å²) in [6.45, 7) is 0. The normalized spacial score (nSPS) is 18.2. The Bertz CT molecular complexity index is 510.